The molecule has 1 saturated heterocycles. The molecule has 0 unspecified atom stereocenters. The summed E-state index contributed by atoms with van der Waals surface area (Å²) >= 11 is 0. The predicted octanol–water partition coefficient (Wildman–Crippen LogP) is 5.19. The second kappa shape index (κ2) is 7.17. The van der Waals surface area contributed by atoms with Crippen molar-refractivity contribution >= 4 is 34.4 Å². The molecular formula is C26H20BNO2. The van der Waals surface area contributed by atoms with E-state index in [1.807, 2.05) is 0 Å². The second-order valence-electron chi connectivity index (χ2n) is 7.62. The zero-order valence-electron chi connectivity index (χ0n) is 16.5. The van der Waals surface area contributed by atoms with E-state index in [1.54, 1.807) is 0 Å². The van der Waals surface area contributed by atoms with Crippen molar-refractivity contribution in [2.75, 3.05) is 13.2 Å². The molecule has 1 aliphatic heterocycles. The van der Waals surface area contributed by atoms with E-state index in [0.717, 1.165) is 5.46 Å². The molecule has 2 heterocycles. The van der Waals surface area contributed by atoms with Crippen LogP contribution in [-0.2, 0) is 9.31 Å². The van der Waals surface area contributed by atoms with Crippen LogP contribution < -0.4 is 5.46 Å². The molecule has 0 radical (unpaired) electrons. The van der Waals surface area contributed by atoms with Crippen LogP contribution in [0.3, 0.4) is 0 Å². The summed E-state index contributed by atoms with van der Waals surface area (Å²) in [6.07, 6.45) is 0. The van der Waals surface area contributed by atoms with E-state index in [4.69, 9.17) is 9.31 Å². The summed E-state index contributed by atoms with van der Waals surface area (Å²) in [6.45, 7) is 1.32. The zero-order valence-corrected chi connectivity index (χ0v) is 16.5. The number of hydrogen-bond acceptors (Lipinski definition) is 2. The maximum Gasteiger partial charge on any atom is 0.494 e. The van der Waals surface area contributed by atoms with Crippen molar-refractivity contribution in [1.82, 2.24) is 4.57 Å². The topological polar surface area (TPSA) is 23.4 Å². The zero-order chi connectivity index (χ0) is 19.9. The molecule has 0 atom stereocenters. The molecule has 0 saturated carbocycles. The van der Waals surface area contributed by atoms with Gasteiger partial charge in [0, 0.05) is 16.5 Å². The van der Waals surface area contributed by atoms with Gasteiger partial charge < -0.3 is 13.9 Å². The summed E-state index contributed by atoms with van der Waals surface area (Å²) in [6, 6.07) is 34.4. The highest BCUT2D eigenvalue weighted by atomic mass is 16.6. The van der Waals surface area contributed by atoms with Crippen molar-refractivity contribution < 1.29 is 9.31 Å². The van der Waals surface area contributed by atoms with Crippen molar-refractivity contribution in [1.29, 1.82) is 0 Å². The lowest BCUT2D eigenvalue weighted by molar-refractivity contribution is 0.365. The Morgan fingerprint density at radius 2 is 1.27 bits per heavy atom. The minimum absolute atomic E-state index is 0.231. The fourth-order valence-corrected chi connectivity index (χ4v) is 4.39. The maximum atomic E-state index is 5.61. The average Bonchev–Trinajstić information content (AvgIpc) is 3.46. The van der Waals surface area contributed by atoms with Gasteiger partial charge in [-0.2, -0.15) is 0 Å². The number of hydrogen-bond donors (Lipinski definition) is 0. The van der Waals surface area contributed by atoms with E-state index in [0.29, 0.717) is 13.2 Å². The van der Waals surface area contributed by atoms with Crippen molar-refractivity contribution in [3.8, 4) is 16.8 Å². The van der Waals surface area contributed by atoms with Gasteiger partial charge in [-0.05, 0) is 46.9 Å². The molecule has 4 heteroatoms. The lowest BCUT2D eigenvalue weighted by atomic mass is 9.79. The van der Waals surface area contributed by atoms with E-state index < -0.39 is 0 Å². The maximum absolute atomic E-state index is 5.61. The highest BCUT2D eigenvalue weighted by Gasteiger charge is 2.25. The molecule has 0 spiro atoms. The third-order valence-corrected chi connectivity index (χ3v) is 5.82. The molecule has 30 heavy (non-hydrogen) atoms. The van der Waals surface area contributed by atoms with Crippen molar-refractivity contribution in [2.45, 2.75) is 0 Å². The van der Waals surface area contributed by atoms with Gasteiger partial charge in [0.1, 0.15) is 0 Å². The van der Waals surface area contributed by atoms with Gasteiger partial charge in [-0.15, -0.1) is 0 Å². The van der Waals surface area contributed by atoms with Crippen LogP contribution in [0.25, 0.3) is 38.6 Å². The van der Waals surface area contributed by atoms with Gasteiger partial charge in [-0.3, -0.25) is 0 Å². The first-order valence-corrected chi connectivity index (χ1v) is 10.3. The van der Waals surface area contributed by atoms with E-state index >= 15 is 0 Å². The van der Waals surface area contributed by atoms with Gasteiger partial charge in [0.25, 0.3) is 0 Å². The Hall–Kier alpha value is -3.34. The monoisotopic (exact) mass is 389 g/mol. The number of fused-ring (bicyclic) bond motifs is 3. The summed E-state index contributed by atoms with van der Waals surface area (Å²) in [7, 11) is -0.231. The lowest BCUT2D eigenvalue weighted by Crippen LogP contribution is -2.31. The van der Waals surface area contributed by atoms with Crippen LogP contribution in [0.2, 0.25) is 0 Å². The SMILES string of the molecule is c1ccc(-n2c3ccccc3c3cc(-c4ccc(B5OCCO5)cc4)ccc32)cc1. The molecule has 0 aliphatic carbocycles. The first kappa shape index (κ1) is 17.5. The van der Waals surface area contributed by atoms with Crippen LogP contribution in [0, 0.1) is 0 Å². The van der Waals surface area contributed by atoms with Gasteiger partial charge in [0.15, 0.2) is 0 Å². The van der Waals surface area contributed by atoms with Gasteiger partial charge in [-0.1, -0.05) is 66.7 Å². The first-order valence-electron chi connectivity index (χ1n) is 10.3. The number of nitrogens with zero attached hydrogens (tertiary/aromatic N) is 1. The Balaban J connectivity index is 1.49. The summed E-state index contributed by atoms with van der Waals surface area (Å²) in [5, 5.41) is 2.53. The Kier molecular flexibility index (Phi) is 4.19. The van der Waals surface area contributed by atoms with Crippen molar-refractivity contribution in [3.05, 3.63) is 97.1 Å². The van der Waals surface area contributed by atoms with E-state index in [-0.39, 0.29) is 7.12 Å². The largest absolute Gasteiger partial charge is 0.494 e. The van der Waals surface area contributed by atoms with Crippen LogP contribution >= 0.6 is 0 Å². The van der Waals surface area contributed by atoms with E-state index in [2.05, 4.69) is 102 Å². The first-order chi connectivity index (χ1) is 14.9. The molecule has 1 fully saturated rings. The standard InChI is InChI=1S/C26H20BNO2/c1-2-6-22(7-3-1)28-25-9-5-4-8-23(25)24-18-20(12-15-26(24)28)19-10-13-21(14-11-19)27-29-16-17-30-27/h1-15,18H,16-17H2. The Morgan fingerprint density at radius 3 is 2.07 bits per heavy atom. The van der Waals surface area contributed by atoms with Crippen molar-refractivity contribution in [2.24, 2.45) is 0 Å². The highest BCUT2D eigenvalue weighted by molar-refractivity contribution is 6.61. The number of rotatable bonds is 3. The fourth-order valence-electron chi connectivity index (χ4n) is 4.39. The molecule has 0 bridgehead atoms. The Labute approximate surface area is 175 Å². The summed E-state index contributed by atoms with van der Waals surface area (Å²) in [5.74, 6) is 0. The molecule has 0 N–H and O–H groups in total. The smallest absolute Gasteiger partial charge is 0.405 e. The fraction of sp³-hybridized carbons (Fsp3) is 0.0769. The molecule has 1 aromatic heterocycles. The normalized spacial score (nSPS) is 14.1. The second-order valence-corrected chi connectivity index (χ2v) is 7.62. The quantitative estimate of drug-likeness (QED) is 0.397. The number of aromatic nitrogens is 1. The Bertz CT molecular complexity index is 1340. The molecule has 0 amide bonds. The van der Waals surface area contributed by atoms with Crippen LogP contribution in [0.4, 0.5) is 0 Å². The Morgan fingerprint density at radius 1 is 0.600 bits per heavy atom. The summed E-state index contributed by atoms with van der Waals surface area (Å²) in [5.41, 5.74) is 7.08. The predicted molar refractivity (Wildman–Crippen MR) is 124 cm³/mol. The van der Waals surface area contributed by atoms with Crippen LogP contribution in [0.1, 0.15) is 0 Å². The molecule has 4 aromatic carbocycles. The lowest BCUT2D eigenvalue weighted by Gasteiger charge is -2.09. The van der Waals surface area contributed by atoms with Crippen LogP contribution in [0.5, 0.6) is 0 Å². The van der Waals surface area contributed by atoms with Crippen LogP contribution in [-0.4, -0.2) is 24.9 Å². The van der Waals surface area contributed by atoms with Crippen LogP contribution in [0.15, 0.2) is 97.1 Å². The molecule has 5 aromatic rings. The van der Waals surface area contributed by atoms with E-state index in [9.17, 15) is 0 Å². The summed E-state index contributed by atoms with van der Waals surface area (Å²) in [4.78, 5) is 0. The molecule has 3 nitrogen and oxygen atoms in total. The molecule has 6 rings (SSSR count). The summed E-state index contributed by atoms with van der Waals surface area (Å²) < 4.78 is 13.6. The van der Waals surface area contributed by atoms with Gasteiger partial charge >= 0.3 is 7.12 Å². The third kappa shape index (κ3) is 2.85. The van der Waals surface area contributed by atoms with E-state index in [1.165, 1.54) is 38.6 Å². The minimum Gasteiger partial charge on any atom is -0.405 e. The molecule has 144 valence electrons. The third-order valence-electron chi connectivity index (χ3n) is 5.82. The number of para-hydroxylation sites is 2. The highest BCUT2D eigenvalue weighted by Crippen LogP contribution is 2.34. The molecule has 1 aliphatic rings. The van der Waals surface area contributed by atoms with Gasteiger partial charge in [-0.25, -0.2) is 0 Å². The molecular weight excluding hydrogens is 369 g/mol. The van der Waals surface area contributed by atoms with Crippen molar-refractivity contribution in [3.63, 3.8) is 0 Å². The minimum atomic E-state index is -0.231. The van der Waals surface area contributed by atoms with Gasteiger partial charge in [0.2, 0.25) is 0 Å². The van der Waals surface area contributed by atoms with Gasteiger partial charge in [0.05, 0.1) is 24.2 Å². The number of benzene rings is 4. The average molecular weight is 389 g/mol.